The van der Waals surface area contributed by atoms with E-state index in [9.17, 15) is 0 Å². The number of aromatic nitrogens is 1. The number of thiazole rings is 1. The van der Waals surface area contributed by atoms with Gasteiger partial charge >= 0.3 is 148 Å². The van der Waals surface area contributed by atoms with Crippen LogP contribution in [0.15, 0.2) is 24.3 Å². The summed E-state index contributed by atoms with van der Waals surface area (Å²) < 4.78 is 6.15. The van der Waals surface area contributed by atoms with Gasteiger partial charge in [-0.3, -0.25) is 0 Å². The number of unbranched alkanes of at least 4 members (excludes halogenated alkanes) is 2. The molecule has 2 aromatic rings. The van der Waals surface area contributed by atoms with Gasteiger partial charge in [0.25, 0.3) is 0 Å². The monoisotopic (exact) mass is 424 g/mol. The van der Waals surface area contributed by atoms with Gasteiger partial charge in [0.05, 0.1) is 0 Å². The number of rotatable bonds is 10. The standard InChI is InChI=1S/C11H12NS.2C4H9.Sn/c1-3-8(2)11-12-9-6-4-5-7-10(9)13-11;2*1-3-4-2;/h4-8H,1,3H2,2H3;2*1,3-4H2,2H3;. The number of para-hydroxylation sites is 1. The zero-order valence-corrected chi connectivity index (χ0v) is 18.1. The Labute approximate surface area is 147 Å². The van der Waals surface area contributed by atoms with E-state index in [0.29, 0.717) is 5.92 Å². The van der Waals surface area contributed by atoms with Crippen LogP contribution < -0.4 is 0 Å². The molecule has 0 amide bonds. The molecule has 1 unspecified atom stereocenters. The van der Waals surface area contributed by atoms with Gasteiger partial charge in [-0.2, -0.15) is 0 Å². The quantitative estimate of drug-likeness (QED) is 0.380. The van der Waals surface area contributed by atoms with E-state index in [1.54, 1.807) is 13.3 Å². The summed E-state index contributed by atoms with van der Waals surface area (Å²) in [5.41, 5.74) is 1.19. The third kappa shape index (κ3) is 5.52. The van der Waals surface area contributed by atoms with Gasteiger partial charge in [0.1, 0.15) is 0 Å². The van der Waals surface area contributed by atoms with Crippen molar-refractivity contribution < 1.29 is 0 Å². The van der Waals surface area contributed by atoms with Gasteiger partial charge in [-0.1, -0.05) is 0 Å². The first-order valence-corrected chi connectivity index (χ1v) is 15.8. The normalized spacial score (nSPS) is 13.1. The van der Waals surface area contributed by atoms with Crippen molar-refractivity contribution in [3.05, 3.63) is 29.3 Å². The number of hydrogen-bond donors (Lipinski definition) is 0. The molecule has 0 N–H and O–H groups in total. The van der Waals surface area contributed by atoms with Gasteiger partial charge in [0.15, 0.2) is 0 Å². The average Bonchev–Trinajstić information content (AvgIpc) is 2.98. The molecule has 121 valence electrons. The summed E-state index contributed by atoms with van der Waals surface area (Å²) in [5.74, 6) is 0.649. The second kappa shape index (κ2) is 9.92. The van der Waals surface area contributed by atoms with E-state index in [1.165, 1.54) is 47.3 Å². The van der Waals surface area contributed by atoms with Gasteiger partial charge in [-0.05, 0) is 0 Å². The van der Waals surface area contributed by atoms with Crippen LogP contribution in [0.25, 0.3) is 10.2 Å². The van der Waals surface area contributed by atoms with E-state index in [4.69, 9.17) is 4.98 Å². The second-order valence-corrected chi connectivity index (χ2v) is 16.0. The van der Waals surface area contributed by atoms with Crippen molar-refractivity contribution in [2.24, 2.45) is 0 Å². The van der Waals surface area contributed by atoms with Crippen molar-refractivity contribution in [3.8, 4) is 0 Å². The van der Waals surface area contributed by atoms with Gasteiger partial charge < -0.3 is 0 Å². The van der Waals surface area contributed by atoms with E-state index < -0.39 is 19.8 Å². The molecule has 2 rings (SSSR count). The third-order valence-corrected chi connectivity index (χ3v) is 14.6. The first-order chi connectivity index (χ1) is 10.7. The summed E-state index contributed by atoms with van der Waals surface area (Å²) in [4.78, 5) is 4.86. The van der Waals surface area contributed by atoms with E-state index in [1.807, 2.05) is 11.3 Å². The molecule has 3 heteroatoms. The molecule has 0 aliphatic carbocycles. The topological polar surface area (TPSA) is 12.9 Å². The molecule has 1 aromatic heterocycles. The molecule has 1 aromatic carbocycles. The fourth-order valence-corrected chi connectivity index (χ4v) is 13.3. The molecular formula is C19H30NSSn. The fourth-order valence-electron chi connectivity index (χ4n) is 2.87. The molecule has 1 nitrogen and oxygen atoms in total. The van der Waals surface area contributed by atoms with E-state index in [2.05, 4.69) is 45.0 Å². The van der Waals surface area contributed by atoms with E-state index in [0.717, 1.165) is 0 Å². The summed E-state index contributed by atoms with van der Waals surface area (Å²) >= 11 is 0.799. The van der Waals surface area contributed by atoms with Crippen LogP contribution in [0.4, 0.5) is 0 Å². The zero-order valence-electron chi connectivity index (χ0n) is 14.4. The Hall–Kier alpha value is -0.0913. The molecule has 1 radical (unpaired) electrons. The Morgan fingerprint density at radius 2 is 1.73 bits per heavy atom. The van der Waals surface area contributed by atoms with Crippen LogP contribution in [0.2, 0.25) is 13.3 Å². The zero-order chi connectivity index (χ0) is 15.8. The van der Waals surface area contributed by atoms with Crippen LogP contribution in [-0.2, 0) is 0 Å². The van der Waals surface area contributed by atoms with E-state index >= 15 is 0 Å². The van der Waals surface area contributed by atoms with Crippen molar-refractivity contribution in [1.29, 1.82) is 0 Å². The first kappa shape index (κ1) is 18.3. The maximum atomic E-state index is 4.86. The van der Waals surface area contributed by atoms with Crippen LogP contribution in [0.1, 0.15) is 63.8 Å². The molecule has 1 atom stereocenters. The van der Waals surface area contributed by atoms with Gasteiger partial charge in [0.2, 0.25) is 0 Å². The molecule has 0 saturated heterocycles. The van der Waals surface area contributed by atoms with Crippen LogP contribution in [-0.4, -0.2) is 24.7 Å². The molecule has 0 bridgehead atoms. The summed E-state index contributed by atoms with van der Waals surface area (Å²) in [6, 6.07) is 8.56. The second-order valence-electron chi connectivity index (χ2n) is 6.42. The average molecular weight is 423 g/mol. The first-order valence-electron chi connectivity index (χ1n) is 8.93. The molecule has 1 heterocycles. The minimum absolute atomic E-state index is 0.649. The number of hydrogen-bond acceptors (Lipinski definition) is 2. The Morgan fingerprint density at radius 3 is 2.36 bits per heavy atom. The molecule has 0 spiro atoms. The predicted molar refractivity (Wildman–Crippen MR) is 103 cm³/mol. The Bertz CT molecular complexity index is 510. The molecule has 22 heavy (non-hydrogen) atoms. The Morgan fingerprint density at radius 1 is 1.05 bits per heavy atom. The third-order valence-electron chi connectivity index (χ3n) is 4.43. The van der Waals surface area contributed by atoms with E-state index in [-0.39, 0.29) is 0 Å². The molecule has 0 fully saturated rings. The van der Waals surface area contributed by atoms with Crippen LogP contribution in [0.5, 0.6) is 0 Å². The Kier molecular flexibility index (Phi) is 8.23. The number of nitrogens with zero attached hydrogens (tertiary/aromatic N) is 1. The predicted octanol–water partition coefficient (Wildman–Crippen LogP) is 6.88. The van der Waals surface area contributed by atoms with Crippen molar-refractivity contribution in [2.75, 3.05) is 0 Å². The maximum absolute atomic E-state index is 4.86. The summed E-state index contributed by atoms with van der Waals surface area (Å²) in [5, 5.41) is 1.36. The molecular weight excluding hydrogens is 393 g/mol. The summed E-state index contributed by atoms with van der Waals surface area (Å²) in [6.07, 6.45) is 7.09. The molecule has 0 aliphatic heterocycles. The van der Waals surface area contributed by atoms with Gasteiger partial charge in [-0.15, -0.1) is 0 Å². The van der Waals surface area contributed by atoms with Crippen LogP contribution in [0, 0.1) is 0 Å². The van der Waals surface area contributed by atoms with Crippen molar-refractivity contribution in [3.63, 3.8) is 0 Å². The number of fused-ring (bicyclic) bond motifs is 1. The summed E-state index contributed by atoms with van der Waals surface area (Å²) in [6.45, 7) is 7.06. The SMILES string of the molecule is CCC[CH2][Sn]([CH2]CCC)[CH2]CC(C)c1nc2ccccc2s1. The van der Waals surface area contributed by atoms with Crippen LogP contribution >= 0.6 is 11.3 Å². The molecule has 0 aliphatic rings. The van der Waals surface area contributed by atoms with Crippen molar-refractivity contribution >= 4 is 41.3 Å². The minimum atomic E-state index is -1.10. The Balaban J connectivity index is 1.89. The van der Waals surface area contributed by atoms with Gasteiger partial charge in [0, 0.05) is 0 Å². The van der Waals surface area contributed by atoms with Crippen LogP contribution in [0.3, 0.4) is 0 Å². The summed E-state index contributed by atoms with van der Waals surface area (Å²) in [7, 11) is 0. The molecule has 0 saturated carbocycles. The number of benzene rings is 1. The van der Waals surface area contributed by atoms with Crippen molar-refractivity contribution in [2.45, 2.75) is 72.1 Å². The van der Waals surface area contributed by atoms with Gasteiger partial charge in [-0.25, -0.2) is 0 Å². The fraction of sp³-hybridized carbons (Fsp3) is 0.632. The van der Waals surface area contributed by atoms with Crippen molar-refractivity contribution in [1.82, 2.24) is 4.98 Å².